The normalized spacial score (nSPS) is 10.3. The van der Waals surface area contributed by atoms with Crippen LogP contribution in [0.3, 0.4) is 0 Å². The summed E-state index contributed by atoms with van der Waals surface area (Å²) in [5.41, 5.74) is 6.50. The van der Waals surface area contributed by atoms with Gasteiger partial charge in [0.2, 0.25) is 0 Å². The molecule has 180 valence electrons. The van der Waals surface area contributed by atoms with Gasteiger partial charge in [0.25, 0.3) is 0 Å². The quantitative estimate of drug-likeness (QED) is 0.158. The van der Waals surface area contributed by atoms with Gasteiger partial charge in [-0.1, -0.05) is 48.5 Å². The van der Waals surface area contributed by atoms with Crippen molar-refractivity contribution in [1.29, 1.82) is 0 Å². The van der Waals surface area contributed by atoms with Crippen molar-refractivity contribution in [2.24, 2.45) is 0 Å². The molecule has 0 radical (unpaired) electrons. The van der Waals surface area contributed by atoms with Gasteiger partial charge in [0.05, 0.1) is 0 Å². The van der Waals surface area contributed by atoms with Crippen LogP contribution < -0.4 is 15.9 Å². The zero-order chi connectivity index (χ0) is 25.7. The Bertz CT molecular complexity index is 1580. The fourth-order valence-corrected chi connectivity index (χ4v) is 3.37. The Hall–Kier alpha value is -5.24. The number of rotatable bonds is 3. The number of esters is 1. The molecule has 0 unspecified atom stereocenters. The van der Waals surface area contributed by atoms with Crippen molar-refractivity contribution in [2.75, 3.05) is 5.73 Å². The molecule has 1 aromatic heterocycles. The summed E-state index contributed by atoms with van der Waals surface area (Å²) in [5, 5.41) is 28.7. The Morgan fingerprint density at radius 1 is 0.778 bits per heavy atom. The highest BCUT2D eigenvalue weighted by atomic mass is 16.5. The molecule has 0 saturated heterocycles. The fourth-order valence-electron chi connectivity index (χ4n) is 3.37. The molecule has 36 heavy (non-hydrogen) atoms. The molecule has 8 heteroatoms. The van der Waals surface area contributed by atoms with Crippen LogP contribution in [0.4, 0.5) is 5.69 Å². The summed E-state index contributed by atoms with van der Waals surface area (Å²) in [4.78, 5) is 23.7. The van der Waals surface area contributed by atoms with Gasteiger partial charge in [-0.2, -0.15) is 0 Å². The third-order valence-corrected chi connectivity index (χ3v) is 5.05. The molecular weight excluding hydrogens is 462 g/mol. The topological polar surface area (TPSA) is 143 Å². The molecule has 0 aliphatic rings. The lowest BCUT2D eigenvalue weighted by Crippen LogP contribution is -2.08. The Morgan fingerprint density at radius 2 is 1.44 bits per heavy atom. The van der Waals surface area contributed by atoms with Crippen LogP contribution in [0.25, 0.3) is 22.3 Å². The average molecular weight is 483 g/mol. The van der Waals surface area contributed by atoms with Crippen LogP contribution >= 0.6 is 0 Å². The summed E-state index contributed by atoms with van der Waals surface area (Å²) in [5.74, 6) is -0.432. The standard InChI is InChI=1S/C15H10O4.C13H11NO3/c16-10-6-11(17)15-12(18)8-13(19-14(15)7-10)9-4-2-1-3-5-9;14-9-6-7-11(12(15)8-9)13(16)17-10-4-2-1-3-5-10/h1-8,16-17H;1-8,15H,14H2. The molecule has 4 aromatic carbocycles. The maximum absolute atomic E-state index is 12.0. The van der Waals surface area contributed by atoms with E-state index in [2.05, 4.69) is 0 Å². The van der Waals surface area contributed by atoms with Gasteiger partial charge in [-0.25, -0.2) is 4.79 Å². The van der Waals surface area contributed by atoms with Crippen LogP contribution in [0.5, 0.6) is 23.0 Å². The first-order valence-corrected chi connectivity index (χ1v) is 10.7. The van der Waals surface area contributed by atoms with Crippen molar-refractivity contribution in [3.8, 4) is 34.3 Å². The Kier molecular flexibility index (Phi) is 6.87. The van der Waals surface area contributed by atoms with E-state index in [1.54, 1.807) is 24.3 Å². The number of hydrogen-bond donors (Lipinski definition) is 4. The molecular formula is C28H21NO7. The third kappa shape index (κ3) is 5.45. The SMILES string of the molecule is Nc1ccc(C(=O)Oc2ccccc2)c(O)c1.O=c1cc(-c2ccccc2)oc2cc(O)cc(O)c12. The highest BCUT2D eigenvalue weighted by molar-refractivity contribution is 5.94. The lowest BCUT2D eigenvalue weighted by molar-refractivity contribution is 0.0731. The lowest BCUT2D eigenvalue weighted by Gasteiger charge is -2.06. The van der Waals surface area contributed by atoms with E-state index in [-0.39, 0.29) is 39.2 Å². The predicted molar refractivity (Wildman–Crippen MR) is 135 cm³/mol. The summed E-state index contributed by atoms with van der Waals surface area (Å²) in [6.07, 6.45) is 0. The molecule has 0 saturated carbocycles. The smallest absolute Gasteiger partial charge is 0.347 e. The maximum atomic E-state index is 12.0. The van der Waals surface area contributed by atoms with E-state index in [9.17, 15) is 24.9 Å². The van der Waals surface area contributed by atoms with Gasteiger partial charge in [0.1, 0.15) is 45.3 Å². The maximum Gasteiger partial charge on any atom is 0.347 e. The second-order valence-corrected chi connectivity index (χ2v) is 7.66. The molecule has 0 amide bonds. The van der Waals surface area contributed by atoms with Gasteiger partial charge in [-0.15, -0.1) is 0 Å². The number of carbonyl (C=O) groups is 1. The van der Waals surface area contributed by atoms with Gasteiger partial charge >= 0.3 is 5.97 Å². The second-order valence-electron chi connectivity index (χ2n) is 7.66. The van der Waals surface area contributed by atoms with Crippen molar-refractivity contribution >= 4 is 22.6 Å². The summed E-state index contributed by atoms with van der Waals surface area (Å²) >= 11 is 0. The molecule has 8 nitrogen and oxygen atoms in total. The van der Waals surface area contributed by atoms with Gasteiger partial charge in [0, 0.05) is 35.5 Å². The largest absolute Gasteiger partial charge is 0.508 e. The van der Waals surface area contributed by atoms with E-state index in [1.165, 1.54) is 30.3 Å². The number of ether oxygens (including phenoxy) is 1. The van der Waals surface area contributed by atoms with Crippen LogP contribution in [0.2, 0.25) is 0 Å². The number of anilines is 1. The first-order valence-electron chi connectivity index (χ1n) is 10.7. The van der Waals surface area contributed by atoms with Gasteiger partial charge in [0.15, 0.2) is 5.43 Å². The minimum atomic E-state index is -0.617. The molecule has 0 fully saturated rings. The third-order valence-electron chi connectivity index (χ3n) is 5.05. The second kappa shape index (κ2) is 10.4. The van der Waals surface area contributed by atoms with Gasteiger partial charge in [-0.05, 0) is 24.3 Å². The van der Waals surface area contributed by atoms with Crippen molar-refractivity contribution < 1.29 is 29.3 Å². The predicted octanol–water partition coefficient (Wildman–Crippen LogP) is 5.06. The Labute approximate surface area is 205 Å². The Morgan fingerprint density at radius 3 is 2.11 bits per heavy atom. The molecule has 0 aliphatic heterocycles. The number of phenolic OH excluding ortho intramolecular Hbond substituents is 3. The van der Waals surface area contributed by atoms with Crippen LogP contribution in [0.1, 0.15) is 10.4 Å². The molecule has 0 aliphatic carbocycles. The van der Waals surface area contributed by atoms with Gasteiger partial charge in [-0.3, -0.25) is 4.79 Å². The van der Waals surface area contributed by atoms with Crippen molar-refractivity contribution in [3.63, 3.8) is 0 Å². The van der Waals surface area contributed by atoms with Crippen molar-refractivity contribution in [1.82, 2.24) is 0 Å². The van der Waals surface area contributed by atoms with Crippen molar-refractivity contribution in [2.45, 2.75) is 0 Å². The number of para-hydroxylation sites is 1. The van der Waals surface area contributed by atoms with Crippen LogP contribution in [-0.4, -0.2) is 21.3 Å². The van der Waals surface area contributed by atoms with Crippen LogP contribution in [-0.2, 0) is 0 Å². The molecule has 0 spiro atoms. The van der Waals surface area contributed by atoms with Crippen LogP contribution in [0, 0.1) is 0 Å². The summed E-state index contributed by atoms with van der Waals surface area (Å²) in [6.45, 7) is 0. The van der Waals surface area contributed by atoms with Gasteiger partial charge < -0.3 is 30.2 Å². The molecule has 5 N–H and O–H groups in total. The van der Waals surface area contributed by atoms with E-state index < -0.39 is 5.97 Å². The molecule has 0 atom stereocenters. The minimum absolute atomic E-state index is 0.0671. The van der Waals surface area contributed by atoms with E-state index in [0.29, 0.717) is 17.2 Å². The minimum Gasteiger partial charge on any atom is -0.508 e. The molecule has 5 rings (SSSR count). The summed E-state index contributed by atoms with van der Waals surface area (Å²) in [7, 11) is 0. The first-order chi connectivity index (χ1) is 17.3. The molecule has 0 bridgehead atoms. The number of aromatic hydroxyl groups is 3. The van der Waals surface area contributed by atoms with E-state index in [4.69, 9.17) is 14.9 Å². The number of hydrogen-bond acceptors (Lipinski definition) is 8. The zero-order valence-electron chi connectivity index (χ0n) is 18.8. The Balaban J connectivity index is 0.000000170. The zero-order valence-corrected chi connectivity index (χ0v) is 18.8. The van der Waals surface area contributed by atoms with E-state index in [0.717, 1.165) is 11.6 Å². The first kappa shape index (κ1) is 23.9. The van der Waals surface area contributed by atoms with E-state index >= 15 is 0 Å². The highest BCUT2D eigenvalue weighted by Gasteiger charge is 2.14. The summed E-state index contributed by atoms with van der Waals surface area (Å²) in [6, 6.07) is 25.8. The highest BCUT2D eigenvalue weighted by Crippen LogP contribution is 2.30. The number of carbonyl (C=O) groups excluding carboxylic acids is 1. The number of fused-ring (bicyclic) bond motifs is 1. The van der Waals surface area contributed by atoms with Crippen molar-refractivity contribution in [3.05, 3.63) is 113 Å². The molecule has 1 heterocycles. The molecule has 5 aromatic rings. The van der Waals surface area contributed by atoms with E-state index in [1.807, 2.05) is 36.4 Å². The summed E-state index contributed by atoms with van der Waals surface area (Å²) < 4.78 is 10.7. The fraction of sp³-hybridized carbons (Fsp3) is 0. The number of nitrogens with two attached hydrogens (primary N) is 1. The number of benzene rings is 4. The number of phenols is 3. The number of nitrogen functional groups attached to an aromatic ring is 1. The van der Waals surface area contributed by atoms with Crippen LogP contribution in [0.15, 0.2) is 106 Å². The average Bonchev–Trinajstić information content (AvgIpc) is 2.85. The monoisotopic (exact) mass is 483 g/mol. The lowest BCUT2D eigenvalue weighted by atomic mass is 10.1.